The number of rotatable bonds is 5. The first-order chi connectivity index (χ1) is 7.65. The van der Waals surface area contributed by atoms with E-state index in [9.17, 15) is 4.79 Å². The maximum absolute atomic E-state index is 11.9. The molecule has 0 heterocycles. The predicted octanol–water partition coefficient (Wildman–Crippen LogP) is 2.86. The third-order valence-corrected chi connectivity index (χ3v) is 3.10. The fraction of sp³-hybridized carbons (Fsp3) is 0.462. The monoisotopic (exact) mass is 237 g/mol. The number of likely N-dealkylation sites (N-methyl/N-ethyl adjacent to an activating group) is 1. The Balaban J connectivity index is 1.88. The van der Waals surface area contributed by atoms with E-state index in [1.165, 1.54) is 12.8 Å². The average molecular weight is 238 g/mol. The highest BCUT2D eigenvalue weighted by molar-refractivity contribution is 6.30. The van der Waals surface area contributed by atoms with Gasteiger partial charge in [0.1, 0.15) is 0 Å². The number of ketones is 1. The summed E-state index contributed by atoms with van der Waals surface area (Å²) in [4.78, 5) is 14.0. The number of benzene rings is 1. The van der Waals surface area contributed by atoms with Crippen molar-refractivity contribution in [1.29, 1.82) is 0 Å². The van der Waals surface area contributed by atoms with Crippen LogP contribution in [0.25, 0.3) is 0 Å². The van der Waals surface area contributed by atoms with E-state index in [2.05, 4.69) is 4.90 Å². The molecule has 3 heteroatoms. The lowest BCUT2D eigenvalue weighted by molar-refractivity contribution is 0.0944. The Bertz CT molecular complexity index is 370. The summed E-state index contributed by atoms with van der Waals surface area (Å²) in [5.41, 5.74) is 0.743. The molecule has 0 N–H and O–H groups in total. The first-order valence-corrected chi connectivity index (χ1v) is 6.00. The van der Waals surface area contributed by atoms with Crippen molar-refractivity contribution in [3.8, 4) is 0 Å². The topological polar surface area (TPSA) is 20.3 Å². The summed E-state index contributed by atoms with van der Waals surface area (Å²) in [6.45, 7) is 1.54. The van der Waals surface area contributed by atoms with Gasteiger partial charge in [0.05, 0.1) is 6.54 Å². The molecule has 2 nitrogen and oxygen atoms in total. The molecule has 0 aliphatic heterocycles. The van der Waals surface area contributed by atoms with Gasteiger partial charge in [-0.15, -0.1) is 0 Å². The van der Waals surface area contributed by atoms with E-state index in [-0.39, 0.29) is 5.78 Å². The number of halogens is 1. The molecule has 0 bridgehead atoms. The van der Waals surface area contributed by atoms with Crippen LogP contribution < -0.4 is 0 Å². The third kappa shape index (κ3) is 3.32. The molecule has 16 heavy (non-hydrogen) atoms. The van der Waals surface area contributed by atoms with Crippen molar-refractivity contribution in [2.75, 3.05) is 20.1 Å². The van der Waals surface area contributed by atoms with E-state index in [0.29, 0.717) is 11.6 Å². The summed E-state index contributed by atoms with van der Waals surface area (Å²) in [5.74, 6) is 0.989. The highest BCUT2D eigenvalue weighted by atomic mass is 35.5. The Hall–Kier alpha value is -0.860. The van der Waals surface area contributed by atoms with Gasteiger partial charge in [0.15, 0.2) is 5.78 Å². The van der Waals surface area contributed by atoms with Crippen LogP contribution >= 0.6 is 11.6 Å². The minimum atomic E-state index is 0.166. The summed E-state index contributed by atoms with van der Waals surface area (Å²) in [6.07, 6.45) is 2.64. The average Bonchev–Trinajstić information content (AvgIpc) is 3.02. The summed E-state index contributed by atoms with van der Waals surface area (Å²) >= 11 is 5.78. The van der Waals surface area contributed by atoms with Gasteiger partial charge in [0, 0.05) is 17.1 Å². The minimum Gasteiger partial charge on any atom is -0.299 e. The van der Waals surface area contributed by atoms with Crippen LogP contribution in [0.3, 0.4) is 0 Å². The van der Waals surface area contributed by atoms with Crippen LogP contribution in [-0.2, 0) is 0 Å². The van der Waals surface area contributed by atoms with Crippen molar-refractivity contribution < 1.29 is 4.79 Å². The molecule has 0 aromatic heterocycles. The number of nitrogens with zero attached hydrogens (tertiary/aromatic N) is 1. The largest absolute Gasteiger partial charge is 0.299 e. The zero-order valence-corrected chi connectivity index (χ0v) is 10.2. The number of hydrogen-bond donors (Lipinski definition) is 0. The van der Waals surface area contributed by atoms with Crippen LogP contribution in [0.1, 0.15) is 23.2 Å². The Morgan fingerprint density at radius 3 is 2.56 bits per heavy atom. The number of hydrogen-bond acceptors (Lipinski definition) is 2. The molecule has 0 unspecified atom stereocenters. The first kappa shape index (κ1) is 11.6. The van der Waals surface area contributed by atoms with Crippen molar-refractivity contribution in [3.63, 3.8) is 0 Å². The number of Topliss-reactive ketones (excluding diaryl/α,β-unsaturated/α-hetero) is 1. The van der Waals surface area contributed by atoms with Gasteiger partial charge < -0.3 is 0 Å². The van der Waals surface area contributed by atoms with Gasteiger partial charge >= 0.3 is 0 Å². The lowest BCUT2D eigenvalue weighted by Crippen LogP contribution is -2.27. The second kappa shape index (κ2) is 4.98. The molecule has 0 radical (unpaired) electrons. The van der Waals surface area contributed by atoms with Crippen LogP contribution in [0.4, 0.5) is 0 Å². The first-order valence-electron chi connectivity index (χ1n) is 5.62. The van der Waals surface area contributed by atoms with E-state index < -0.39 is 0 Å². The molecular weight excluding hydrogens is 222 g/mol. The van der Waals surface area contributed by atoms with Gasteiger partial charge in [-0.2, -0.15) is 0 Å². The molecule has 86 valence electrons. The quantitative estimate of drug-likeness (QED) is 0.734. The van der Waals surface area contributed by atoms with Gasteiger partial charge in [0.2, 0.25) is 0 Å². The molecule has 1 fully saturated rings. The van der Waals surface area contributed by atoms with E-state index in [1.807, 2.05) is 7.05 Å². The summed E-state index contributed by atoms with van der Waals surface area (Å²) in [5, 5.41) is 0.669. The molecule has 1 aliphatic carbocycles. The van der Waals surface area contributed by atoms with Crippen LogP contribution in [0.5, 0.6) is 0 Å². The Labute approximate surface area is 101 Å². The molecule has 1 saturated carbocycles. The molecular formula is C13H16ClNO. The van der Waals surface area contributed by atoms with Crippen molar-refractivity contribution in [2.24, 2.45) is 5.92 Å². The molecule has 2 rings (SSSR count). The van der Waals surface area contributed by atoms with Gasteiger partial charge in [-0.05, 0) is 50.1 Å². The maximum Gasteiger partial charge on any atom is 0.176 e. The van der Waals surface area contributed by atoms with E-state index in [0.717, 1.165) is 18.0 Å². The Morgan fingerprint density at radius 1 is 1.38 bits per heavy atom. The van der Waals surface area contributed by atoms with Gasteiger partial charge in [-0.25, -0.2) is 0 Å². The van der Waals surface area contributed by atoms with Crippen molar-refractivity contribution in [1.82, 2.24) is 4.90 Å². The van der Waals surface area contributed by atoms with Crippen LogP contribution in [0.15, 0.2) is 24.3 Å². The fourth-order valence-corrected chi connectivity index (χ4v) is 1.90. The second-order valence-electron chi connectivity index (χ2n) is 4.57. The summed E-state index contributed by atoms with van der Waals surface area (Å²) in [6, 6.07) is 7.09. The number of carbonyl (C=O) groups is 1. The van der Waals surface area contributed by atoms with E-state index in [1.54, 1.807) is 24.3 Å². The SMILES string of the molecule is CN(CC(=O)c1ccc(Cl)cc1)CC1CC1. The van der Waals surface area contributed by atoms with Crippen LogP contribution in [0, 0.1) is 5.92 Å². The normalized spacial score (nSPS) is 15.4. The van der Waals surface area contributed by atoms with Crippen molar-refractivity contribution in [2.45, 2.75) is 12.8 Å². The molecule has 1 aromatic carbocycles. The molecule has 0 saturated heterocycles. The van der Waals surface area contributed by atoms with Crippen LogP contribution in [-0.4, -0.2) is 30.8 Å². The molecule has 0 spiro atoms. The van der Waals surface area contributed by atoms with Crippen LogP contribution in [0.2, 0.25) is 5.02 Å². The fourth-order valence-electron chi connectivity index (χ4n) is 1.78. The van der Waals surface area contributed by atoms with E-state index >= 15 is 0 Å². The van der Waals surface area contributed by atoms with Crippen molar-refractivity contribution >= 4 is 17.4 Å². The zero-order valence-electron chi connectivity index (χ0n) is 9.45. The molecule has 1 aliphatic rings. The van der Waals surface area contributed by atoms with Crippen molar-refractivity contribution in [3.05, 3.63) is 34.9 Å². The second-order valence-corrected chi connectivity index (χ2v) is 5.01. The minimum absolute atomic E-state index is 0.166. The summed E-state index contributed by atoms with van der Waals surface area (Å²) in [7, 11) is 2.01. The molecule has 0 atom stereocenters. The third-order valence-electron chi connectivity index (χ3n) is 2.85. The molecule has 1 aromatic rings. The molecule has 0 amide bonds. The predicted molar refractivity (Wildman–Crippen MR) is 66.0 cm³/mol. The highest BCUT2D eigenvalue weighted by Gasteiger charge is 2.23. The lowest BCUT2D eigenvalue weighted by atomic mass is 10.1. The lowest BCUT2D eigenvalue weighted by Gasteiger charge is -2.14. The van der Waals surface area contributed by atoms with Gasteiger partial charge in [-0.1, -0.05) is 11.6 Å². The van der Waals surface area contributed by atoms with E-state index in [4.69, 9.17) is 11.6 Å². The number of carbonyl (C=O) groups excluding carboxylic acids is 1. The smallest absolute Gasteiger partial charge is 0.176 e. The summed E-state index contributed by atoms with van der Waals surface area (Å²) < 4.78 is 0. The Morgan fingerprint density at radius 2 is 2.00 bits per heavy atom. The standard InChI is InChI=1S/C13H16ClNO/c1-15(8-10-2-3-10)9-13(16)11-4-6-12(14)7-5-11/h4-7,10H,2-3,8-9H2,1H3. The maximum atomic E-state index is 11.9. The van der Waals surface area contributed by atoms with Gasteiger partial charge in [-0.3, -0.25) is 9.69 Å². The highest BCUT2D eigenvalue weighted by Crippen LogP contribution is 2.29. The Kier molecular flexibility index (Phi) is 3.62. The zero-order chi connectivity index (χ0) is 11.5. The van der Waals surface area contributed by atoms with Gasteiger partial charge in [0.25, 0.3) is 0 Å².